The van der Waals surface area contributed by atoms with Gasteiger partial charge in [0.1, 0.15) is 11.6 Å². The van der Waals surface area contributed by atoms with E-state index in [1.807, 2.05) is 44.0 Å². The molecule has 4 rings (SSSR count). The van der Waals surface area contributed by atoms with Gasteiger partial charge in [-0.25, -0.2) is 9.97 Å². The van der Waals surface area contributed by atoms with E-state index in [1.54, 1.807) is 23.0 Å². The van der Waals surface area contributed by atoms with Crippen molar-refractivity contribution in [2.24, 2.45) is 7.05 Å². The van der Waals surface area contributed by atoms with E-state index in [-0.39, 0.29) is 11.9 Å². The summed E-state index contributed by atoms with van der Waals surface area (Å²) in [7, 11) is 1.85. The lowest BCUT2D eigenvalue weighted by Crippen LogP contribution is -2.29. The number of amides is 1. The minimum absolute atomic E-state index is 0.0256. The molecule has 29 heavy (non-hydrogen) atoms. The normalized spacial score (nSPS) is 16.7. The molecule has 9 nitrogen and oxygen atoms in total. The van der Waals surface area contributed by atoms with Crippen molar-refractivity contribution in [3.8, 4) is 0 Å². The van der Waals surface area contributed by atoms with Crippen molar-refractivity contribution in [3.63, 3.8) is 0 Å². The van der Waals surface area contributed by atoms with Gasteiger partial charge in [0.05, 0.1) is 17.4 Å². The van der Waals surface area contributed by atoms with Crippen molar-refractivity contribution >= 4 is 23.6 Å². The molecule has 4 heterocycles. The average molecular weight is 392 g/mol. The molecule has 1 unspecified atom stereocenters. The molecule has 9 heteroatoms. The van der Waals surface area contributed by atoms with Gasteiger partial charge in [-0.05, 0) is 38.8 Å². The standard InChI is InChI=1S/C20H24N8O/c1-13-11-19(26-25-13)24-18-12-16(22-14(2)23-18)17-5-4-10-28(17)20(29)7-6-15-8-9-21-27(15)3/h6-9,11-12,17H,4-5,10H2,1-3H3,(H2,22,23,24,25,26). The van der Waals surface area contributed by atoms with Gasteiger partial charge >= 0.3 is 0 Å². The molecule has 3 aromatic heterocycles. The lowest BCUT2D eigenvalue weighted by molar-refractivity contribution is -0.126. The predicted octanol–water partition coefficient (Wildman–Crippen LogP) is 2.67. The number of carbonyl (C=O) groups excluding carboxylic acids is 1. The highest BCUT2D eigenvalue weighted by atomic mass is 16.2. The topological polar surface area (TPSA) is 105 Å². The maximum absolute atomic E-state index is 12.8. The zero-order chi connectivity index (χ0) is 20.4. The first kappa shape index (κ1) is 18.9. The first-order chi connectivity index (χ1) is 14.0. The smallest absolute Gasteiger partial charge is 0.247 e. The third-order valence-corrected chi connectivity index (χ3v) is 4.95. The van der Waals surface area contributed by atoms with Crippen molar-refractivity contribution in [3.05, 3.63) is 53.4 Å². The molecule has 0 bridgehead atoms. The van der Waals surface area contributed by atoms with Crippen LogP contribution < -0.4 is 5.32 Å². The van der Waals surface area contributed by atoms with Gasteiger partial charge in [-0.3, -0.25) is 14.6 Å². The van der Waals surface area contributed by atoms with E-state index in [4.69, 9.17) is 0 Å². The van der Waals surface area contributed by atoms with Crippen LogP contribution in [0.4, 0.5) is 11.6 Å². The van der Waals surface area contributed by atoms with Crippen molar-refractivity contribution in [2.75, 3.05) is 11.9 Å². The third-order valence-electron chi connectivity index (χ3n) is 4.95. The Morgan fingerprint density at radius 3 is 2.86 bits per heavy atom. The van der Waals surface area contributed by atoms with Crippen LogP contribution in [-0.4, -0.2) is 47.3 Å². The summed E-state index contributed by atoms with van der Waals surface area (Å²) < 4.78 is 1.73. The summed E-state index contributed by atoms with van der Waals surface area (Å²) in [5.74, 6) is 2.00. The van der Waals surface area contributed by atoms with Crippen LogP contribution in [0.2, 0.25) is 0 Å². The van der Waals surface area contributed by atoms with Gasteiger partial charge in [0.2, 0.25) is 5.91 Å². The average Bonchev–Trinajstić information content (AvgIpc) is 3.41. The number of aryl methyl sites for hydroxylation is 3. The second-order valence-corrected chi connectivity index (χ2v) is 7.19. The van der Waals surface area contributed by atoms with Crippen molar-refractivity contribution in [2.45, 2.75) is 32.7 Å². The Bertz CT molecular complexity index is 1050. The molecule has 0 spiro atoms. The van der Waals surface area contributed by atoms with Crippen molar-refractivity contribution in [1.82, 2.24) is 34.8 Å². The second-order valence-electron chi connectivity index (χ2n) is 7.19. The van der Waals surface area contributed by atoms with Gasteiger partial charge in [-0.1, -0.05) is 0 Å². The number of aromatic nitrogens is 6. The van der Waals surface area contributed by atoms with E-state index in [1.165, 1.54) is 0 Å². The number of anilines is 2. The Morgan fingerprint density at radius 1 is 1.28 bits per heavy atom. The highest BCUT2D eigenvalue weighted by Gasteiger charge is 2.30. The number of carbonyl (C=O) groups is 1. The lowest BCUT2D eigenvalue weighted by atomic mass is 10.1. The predicted molar refractivity (Wildman–Crippen MR) is 109 cm³/mol. The molecule has 1 saturated heterocycles. The summed E-state index contributed by atoms with van der Waals surface area (Å²) in [6, 6.07) is 5.61. The van der Waals surface area contributed by atoms with Crippen LogP contribution in [0, 0.1) is 13.8 Å². The molecule has 1 amide bonds. The molecule has 1 fully saturated rings. The van der Waals surface area contributed by atoms with E-state index in [0.717, 1.165) is 29.9 Å². The second kappa shape index (κ2) is 7.86. The first-order valence-corrected chi connectivity index (χ1v) is 9.61. The maximum atomic E-state index is 12.8. The quantitative estimate of drug-likeness (QED) is 0.647. The minimum Gasteiger partial charge on any atom is -0.331 e. The summed E-state index contributed by atoms with van der Waals surface area (Å²) in [5.41, 5.74) is 2.69. The van der Waals surface area contributed by atoms with Crippen LogP contribution in [0.15, 0.2) is 30.5 Å². The van der Waals surface area contributed by atoms with Crippen LogP contribution in [-0.2, 0) is 11.8 Å². The van der Waals surface area contributed by atoms with E-state index in [9.17, 15) is 4.79 Å². The van der Waals surface area contributed by atoms with Crippen LogP contribution >= 0.6 is 0 Å². The minimum atomic E-state index is -0.0677. The fourth-order valence-corrected chi connectivity index (χ4v) is 3.58. The number of aromatic amines is 1. The maximum Gasteiger partial charge on any atom is 0.247 e. The number of rotatable bonds is 5. The van der Waals surface area contributed by atoms with Crippen molar-refractivity contribution in [1.29, 1.82) is 0 Å². The Morgan fingerprint density at radius 2 is 2.14 bits per heavy atom. The molecular formula is C20H24N8O. The van der Waals surface area contributed by atoms with Gasteiger partial charge in [-0.2, -0.15) is 10.2 Å². The van der Waals surface area contributed by atoms with Crippen LogP contribution in [0.3, 0.4) is 0 Å². The molecule has 0 aromatic carbocycles. The highest BCUT2D eigenvalue weighted by molar-refractivity contribution is 5.92. The molecule has 0 aliphatic carbocycles. The van der Waals surface area contributed by atoms with Crippen molar-refractivity contribution < 1.29 is 4.79 Å². The zero-order valence-corrected chi connectivity index (χ0v) is 16.8. The molecule has 3 aromatic rings. The Kier molecular flexibility index (Phi) is 5.11. The number of hydrogen-bond acceptors (Lipinski definition) is 6. The van der Waals surface area contributed by atoms with Gasteiger partial charge in [0.25, 0.3) is 0 Å². The SMILES string of the molecule is Cc1nc(Nc2cc(C)[nH]n2)cc(C2CCCN2C(=O)C=Cc2ccnn2C)n1. The summed E-state index contributed by atoms with van der Waals surface area (Å²) in [4.78, 5) is 23.8. The summed E-state index contributed by atoms with van der Waals surface area (Å²) in [6.45, 7) is 4.51. The van der Waals surface area contributed by atoms with Crippen LogP contribution in [0.1, 0.15) is 41.8 Å². The fraction of sp³-hybridized carbons (Fsp3) is 0.350. The van der Waals surface area contributed by atoms with Gasteiger partial charge in [0, 0.05) is 43.7 Å². The number of nitrogens with zero attached hydrogens (tertiary/aromatic N) is 6. The summed E-state index contributed by atoms with van der Waals surface area (Å²) in [5, 5.41) is 14.4. The largest absolute Gasteiger partial charge is 0.331 e. The van der Waals surface area contributed by atoms with Crippen LogP contribution in [0.5, 0.6) is 0 Å². The third kappa shape index (κ3) is 4.18. The fourth-order valence-electron chi connectivity index (χ4n) is 3.58. The Hall–Kier alpha value is -3.49. The Balaban J connectivity index is 1.54. The van der Waals surface area contributed by atoms with Gasteiger partial charge < -0.3 is 10.2 Å². The highest BCUT2D eigenvalue weighted by Crippen LogP contribution is 2.32. The summed E-state index contributed by atoms with van der Waals surface area (Å²) in [6.07, 6.45) is 6.93. The number of nitrogens with one attached hydrogen (secondary N) is 2. The molecule has 0 radical (unpaired) electrons. The number of likely N-dealkylation sites (tertiary alicyclic amines) is 1. The number of H-pyrrole nitrogens is 1. The van der Waals surface area contributed by atoms with Gasteiger partial charge in [-0.15, -0.1) is 0 Å². The van der Waals surface area contributed by atoms with E-state index in [0.29, 0.717) is 24.0 Å². The zero-order valence-electron chi connectivity index (χ0n) is 16.8. The molecular weight excluding hydrogens is 368 g/mol. The molecule has 0 saturated carbocycles. The van der Waals surface area contributed by atoms with E-state index in [2.05, 4.69) is 30.6 Å². The molecule has 1 aliphatic rings. The molecule has 150 valence electrons. The van der Waals surface area contributed by atoms with Crippen LogP contribution in [0.25, 0.3) is 6.08 Å². The van der Waals surface area contributed by atoms with E-state index < -0.39 is 0 Å². The molecule has 1 atom stereocenters. The molecule has 1 aliphatic heterocycles. The van der Waals surface area contributed by atoms with Gasteiger partial charge in [0.15, 0.2) is 5.82 Å². The molecule has 2 N–H and O–H groups in total. The number of hydrogen-bond donors (Lipinski definition) is 2. The summed E-state index contributed by atoms with van der Waals surface area (Å²) >= 11 is 0. The lowest BCUT2D eigenvalue weighted by Gasteiger charge is -2.23. The first-order valence-electron chi connectivity index (χ1n) is 9.61. The monoisotopic (exact) mass is 392 g/mol. The Labute approximate surface area is 168 Å². The van der Waals surface area contributed by atoms with E-state index >= 15 is 0 Å².